The maximum Gasteiger partial charge on any atom is 0.327 e. The lowest BCUT2D eigenvalue weighted by Gasteiger charge is -1.97. The molecule has 1 heterocycles. The van der Waals surface area contributed by atoms with Crippen molar-refractivity contribution in [3.05, 3.63) is 29.0 Å². The molecule has 0 spiro atoms. The molecule has 0 aliphatic rings. The van der Waals surface area contributed by atoms with Crippen molar-refractivity contribution < 1.29 is 9.53 Å². The van der Waals surface area contributed by atoms with Crippen LogP contribution in [-0.2, 0) is 9.53 Å². The maximum atomic E-state index is 10.9. The molecule has 0 aliphatic heterocycles. The summed E-state index contributed by atoms with van der Waals surface area (Å²) in [6.45, 7) is 2.11. The van der Waals surface area contributed by atoms with Crippen molar-refractivity contribution in [3.8, 4) is 0 Å². The van der Waals surface area contributed by atoms with E-state index in [1.165, 1.54) is 6.21 Å². The molecule has 0 atom stereocenters. The standard InChI is InChI=1S/C10H11ClN2O2/c1-2-15-9(14)7-12-6-8-4-3-5-13-10(8)11/h3-6H,2,7H2,1H3. The molecule has 15 heavy (non-hydrogen) atoms. The Balaban J connectivity index is 2.52. The van der Waals surface area contributed by atoms with E-state index in [0.29, 0.717) is 17.3 Å². The van der Waals surface area contributed by atoms with Crippen LogP contribution in [0.4, 0.5) is 0 Å². The highest BCUT2D eigenvalue weighted by molar-refractivity contribution is 6.31. The summed E-state index contributed by atoms with van der Waals surface area (Å²) in [5, 5.41) is 0.366. The summed E-state index contributed by atoms with van der Waals surface area (Å²) >= 11 is 5.78. The molecule has 0 amide bonds. The molecule has 0 saturated heterocycles. The van der Waals surface area contributed by atoms with Gasteiger partial charge in [-0.3, -0.25) is 9.79 Å². The summed E-state index contributed by atoms with van der Waals surface area (Å²) in [5.74, 6) is -0.353. The molecule has 1 aromatic heterocycles. The van der Waals surface area contributed by atoms with Crippen molar-refractivity contribution in [3.63, 3.8) is 0 Å². The van der Waals surface area contributed by atoms with Gasteiger partial charge in [-0.25, -0.2) is 4.98 Å². The molecule has 0 radical (unpaired) electrons. The van der Waals surface area contributed by atoms with Crippen molar-refractivity contribution in [1.29, 1.82) is 0 Å². The highest BCUT2D eigenvalue weighted by Crippen LogP contribution is 2.08. The fourth-order valence-electron chi connectivity index (χ4n) is 0.920. The molecule has 0 saturated carbocycles. The fraction of sp³-hybridized carbons (Fsp3) is 0.300. The van der Waals surface area contributed by atoms with Gasteiger partial charge in [-0.05, 0) is 19.1 Å². The van der Waals surface area contributed by atoms with Crippen molar-refractivity contribution in [1.82, 2.24) is 4.98 Å². The molecule has 5 heteroatoms. The van der Waals surface area contributed by atoms with Gasteiger partial charge in [0.1, 0.15) is 11.7 Å². The van der Waals surface area contributed by atoms with E-state index in [1.54, 1.807) is 25.3 Å². The van der Waals surface area contributed by atoms with E-state index in [4.69, 9.17) is 16.3 Å². The number of hydrogen-bond acceptors (Lipinski definition) is 4. The van der Waals surface area contributed by atoms with Crippen LogP contribution < -0.4 is 0 Å². The van der Waals surface area contributed by atoms with Crippen molar-refractivity contribution in [2.24, 2.45) is 4.99 Å². The molecule has 0 bridgehead atoms. The predicted molar refractivity (Wildman–Crippen MR) is 58.3 cm³/mol. The second kappa shape index (κ2) is 6.14. The third-order valence-electron chi connectivity index (χ3n) is 1.54. The van der Waals surface area contributed by atoms with Gasteiger partial charge in [-0.1, -0.05) is 11.6 Å². The third kappa shape index (κ3) is 4.08. The van der Waals surface area contributed by atoms with Crippen LogP contribution in [0.3, 0.4) is 0 Å². The molecular formula is C10H11ClN2O2. The Morgan fingerprint density at radius 2 is 2.53 bits per heavy atom. The van der Waals surface area contributed by atoms with Crippen molar-refractivity contribution in [2.75, 3.05) is 13.2 Å². The van der Waals surface area contributed by atoms with Crippen LogP contribution in [-0.4, -0.2) is 30.3 Å². The monoisotopic (exact) mass is 226 g/mol. The predicted octanol–water partition coefficient (Wildman–Crippen LogP) is 1.72. The number of carbonyl (C=O) groups excluding carboxylic acids is 1. The molecule has 80 valence electrons. The summed E-state index contributed by atoms with van der Waals surface area (Å²) in [6, 6.07) is 3.52. The largest absolute Gasteiger partial charge is 0.465 e. The number of ether oxygens (including phenoxy) is 1. The van der Waals surface area contributed by atoms with Crippen LogP contribution in [0.5, 0.6) is 0 Å². The van der Waals surface area contributed by atoms with E-state index in [0.717, 1.165) is 0 Å². The molecule has 0 aliphatic carbocycles. The molecule has 0 N–H and O–H groups in total. The minimum atomic E-state index is -0.353. The molecule has 1 aromatic rings. The Morgan fingerprint density at radius 1 is 1.73 bits per heavy atom. The zero-order chi connectivity index (χ0) is 11.1. The van der Waals surface area contributed by atoms with Crippen molar-refractivity contribution in [2.45, 2.75) is 6.92 Å². The highest BCUT2D eigenvalue weighted by atomic mass is 35.5. The van der Waals surface area contributed by atoms with E-state index < -0.39 is 0 Å². The zero-order valence-corrected chi connectivity index (χ0v) is 9.07. The van der Waals surface area contributed by atoms with Gasteiger partial charge >= 0.3 is 5.97 Å². The van der Waals surface area contributed by atoms with Gasteiger partial charge in [0.25, 0.3) is 0 Å². The first-order valence-corrected chi connectivity index (χ1v) is 4.87. The summed E-state index contributed by atoms with van der Waals surface area (Å²) in [6.07, 6.45) is 3.09. The van der Waals surface area contributed by atoms with Crippen molar-refractivity contribution >= 4 is 23.8 Å². The van der Waals surface area contributed by atoms with E-state index >= 15 is 0 Å². The summed E-state index contributed by atoms with van der Waals surface area (Å²) < 4.78 is 4.71. The van der Waals surface area contributed by atoms with Crippen LogP contribution in [0.1, 0.15) is 12.5 Å². The Labute approximate surface area is 92.9 Å². The minimum absolute atomic E-state index is 0.000929. The van der Waals surface area contributed by atoms with E-state index in [-0.39, 0.29) is 12.5 Å². The number of nitrogens with zero attached hydrogens (tertiary/aromatic N) is 2. The minimum Gasteiger partial charge on any atom is -0.465 e. The molecular weight excluding hydrogens is 216 g/mol. The smallest absolute Gasteiger partial charge is 0.327 e. The van der Waals surface area contributed by atoms with Crippen LogP contribution in [0.15, 0.2) is 23.3 Å². The molecule has 0 fully saturated rings. The number of carbonyl (C=O) groups is 1. The lowest BCUT2D eigenvalue weighted by atomic mass is 10.3. The zero-order valence-electron chi connectivity index (χ0n) is 8.31. The van der Waals surface area contributed by atoms with Crippen LogP contribution in [0.25, 0.3) is 0 Å². The van der Waals surface area contributed by atoms with E-state index in [2.05, 4.69) is 9.98 Å². The summed E-state index contributed by atoms with van der Waals surface area (Å²) in [5.41, 5.74) is 0.684. The van der Waals surface area contributed by atoms with Gasteiger partial charge in [-0.2, -0.15) is 0 Å². The summed E-state index contributed by atoms with van der Waals surface area (Å²) in [7, 11) is 0. The SMILES string of the molecule is CCOC(=O)CN=Cc1cccnc1Cl. The maximum absolute atomic E-state index is 10.9. The average molecular weight is 227 g/mol. The number of hydrogen-bond donors (Lipinski definition) is 0. The van der Waals surface area contributed by atoms with E-state index in [9.17, 15) is 4.79 Å². The number of halogens is 1. The molecule has 0 unspecified atom stereocenters. The third-order valence-corrected chi connectivity index (χ3v) is 1.86. The number of pyridine rings is 1. The normalized spacial score (nSPS) is 10.5. The Morgan fingerprint density at radius 3 is 3.20 bits per heavy atom. The Hall–Kier alpha value is -1.42. The Kier molecular flexibility index (Phi) is 4.77. The van der Waals surface area contributed by atoms with Gasteiger partial charge in [0.05, 0.1) is 6.61 Å². The number of aliphatic imine (C=N–C) groups is 1. The fourth-order valence-corrected chi connectivity index (χ4v) is 1.09. The van der Waals surface area contributed by atoms with Crippen LogP contribution in [0, 0.1) is 0 Å². The number of aromatic nitrogens is 1. The van der Waals surface area contributed by atoms with Gasteiger partial charge < -0.3 is 4.74 Å². The quantitative estimate of drug-likeness (QED) is 0.446. The average Bonchev–Trinajstić information content (AvgIpc) is 2.21. The lowest BCUT2D eigenvalue weighted by molar-refractivity contribution is -0.141. The first kappa shape index (κ1) is 11.7. The molecule has 1 rings (SSSR count). The summed E-state index contributed by atoms with van der Waals surface area (Å²) in [4.78, 5) is 18.7. The second-order valence-electron chi connectivity index (χ2n) is 2.66. The first-order valence-electron chi connectivity index (χ1n) is 4.50. The second-order valence-corrected chi connectivity index (χ2v) is 3.02. The van der Waals surface area contributed by atoms with Gasteiger partial charge in [-0.15, -0.1) is 0 Å². The topological polar surface area (TPSA) is 51.5 Å². The van der Waals surface area contributed by atoms with E-state index in [1.807, 2.05) is 0 Å². The van der Waals surface area contributed by atoms with Gasteiger partial charge in [0, 0.05) is 18.0 Å². The highest BCUT2D eigenvalue weighted by Gasteiger charge is 1.99. The number of rotatable bonds is 4. The molecule has 0 aromatic carbocycles. The Bertz CT molecular complexity index is 366. The van der Waals surface area contributed by atoms with Crippen LogP contribution >= 0.6 is 11.6 Å². The molecule has 4 nitrogen and oxygen atoms in total. The lowest BCUT2D eigenvalue weighted by Crippen LogP contribution is -2.07. The first-order chi connectivity index (χ1) is 7.24. The van der Waals surface area contributed by atoms with Gasteiger partial charge in [0.15, 0.2) is 0 Å². The number of esters is 1. The van der Waals surface area contributed by atoms with Crippen LogP contribution in [0.2, 0.25) is 5.15 Å². The van der Waals surface area contributed by atoms with Gasteiger partial charge in [0.2, 0.25) is 0 Å².